The van der Waals surface area contributed by atoms with E-state index in [1.165, 1.54) is 35.1 Å². The molecule has 1 saturated heterocycles. The van der Waals surface area contributed by atoms with E-state index < -0.39 is 0 Å². The van der Waals surface area contributed by atoms with Gasteiger partial charge in [-0.15, -0.1) is 0 Å². The first-order chi connectivity index (χ1) is 20.6. The minimum absolute atomic E-state index is 0.276. The number of ketones is 1. The van der Waals surface area contributed by atoms with Crippen LogP contribution >= 0.6 is 0 Å². The Balaban J connectivity index is 0.937. The highest BCUT2D eigenvalue weighted by Crippen LogP contribution is 2.26. The molecule has 0 amide bonds. The van der Waals surface area contributed by atoms with Crippen LogP contribution in [0.1, 0.15) is 59.2 Å². The fourth-order valence-corrected chi connectivity index (χ4v) is 6.51. The second kappa shape index (κ2) is 13.3. The average molecular weight is 557 g/mol. The van der Waals surface area contributed by atoms with Crippen LogP contribution in [0.25, 0.3) is 16.5 Å². The molecule has 3 aromatic carbocycles. The summed E-state index contributed by atoms with van der Waals surface area (Å²) in [6.07, 6.45) is 9.52. The van der Waals surface area contributed by atoms with Crippen LogP contribution < -0.4 is 0 Å². The zero-order valence-electron chi connectivity index (χ0n) is 24.4. The molecule has 0 bridgehead atoms. The van der Waals surface area contributed by atoms with Crippen molar-refractivity contribution in [1.82, 2.24) is 14.4 Å². The standard InChI is InChI=1S/C37H40N4O/c38-27-31-6-12-36-35(26-31)18-23-41(36)25-24-39-21-16-33(17-22-39)32-8-10-34(11-9-32)37(42)13-7-29-14-19-40(20-15-29)28-30-4-2-1-3-5-30/h1-6,8-12,16,18,23,26,29H,7,13-15,17,19-22,24-25,28H2. The van der Waals surface area contributed by atoms with Crippen LogP contribution in [-0.2, 0) is 13.1 Å². The number of piperidine rings is 1. The fourth-order valence-electron chi connectivity index (χ4n) is 6.51. The number of likely N-dealkylation sites (tertiary alicyclic amines) is 1. The number of rotatable bonds is 10. The van der Waals surface area contributed by atoms with E-state index in [4.69, 9.17) is 5.26 Å². The summed E-state index contributed by atoms with van der Waals surface area (Å²) < 4.78 is 2.28. The number of nitriles is 1. The number of Topliss-reactive ketones (excluding diaryl/α,β-unsaturated/α-hetero) is 1. The van der Waals surface area contributed by atoms with Crippen molar-refractivity contribution in [2.75, 3.05) is 32.7 Å². The van der Waals surface area contributed by atoms with Gasteiger partial charge in [0.15, 0.2) is 5.78 Å². The van der Waals surface area contributed by atoms with Gasteiger partial charge in [0.25, 0.3) is 0 Å². The van der Waals surface area contributed by atoms with Crippen molar-refractivity contribution >= 4 is 22.3 Å². The van der Waals surface area contributed by atoms with Gasteiger partial charge in [0, 0.05) is 61.8 Å². The Bertz CT molecular complexity index is 1570. The molecule has 6 rings (SSSR count). The maximum Gasteiger partial charge on any atom is 0.162 e. The summed E-state index contributed by atoms with van der Waals surface area (Å²) in [6, 6.07) is 29.3. The molecule has 1 fully saturated rings. The van der Waals surface area contributed by atoms with Crippen molar-refractivity contribution in [3.8, 4) is 6.07 Å². The van der Waals surface area contributed by atoms with Gasteiger partial charge in [0.2, 0.25) is 0 Å². The van der Waals surface area contributed by atoms with Crippen molar-refractivity contribution in [1.29, 1.82) is 5.26 Å². The van der Waals surface area contributed by atoms with Crippen LogP contribution in [0.2, 0.25) is 0 Å². The molecule has 42 heavy (non-hydrogen) atoms. The first-order valence-corrected chi connectivity index (χ1v) is 15.4. The molecule has 3 heterocycles. The summed E-state index contributed by atoms with van der Waals surface area (Å²) in [5.41, 5.74) is 6.73. The Labute approximate surface area is 249 Å². The van der Waals surface area contributed by atoms with Gasteiger partial charge in [-0.05, 0) is 85.7 Å². The van der Waals surface area contributed by atoms with Crippen LogP contribution in [0.3, 0.4) is 0 Å². The highest BCUT2D eigenvalue weighted by molar-refractivity contribution is 5.96. The fraction of sp³-hybridized carbons (Fsp3) is 0.351. The molecule has 0 spiro atoms. The van der Waals surface area contributed by atoms with Gasteiger partial charge in [-0.25, -0.2) is 0 Å². The quantitative estimate of drug-likeness (QED) is 0.194. The van der Waals surface area contributed by atoms with Crippen molar-refractivity contribution in [2.45, 2.75) is 45.2 Å². The predicted octanol–water partition coefficient (Wildman–Crippen LogP) is 7.18. The van der Waals surface area contributed by atoms with Crippen LogP contribution in [0, 0.1) is 17.2 Å². The zero-order chi connectivity index (χ0) is 28.7. The molecule has 0 radical (unpaired) electrons. The highest BCUT2D eigenvalue weighted by atomic mass is 16.1. The highest BCUT2D eigenvalue weighted by Gasteiger charge is 2.21. The normalized spacial score (nSPS) is 16.8. The van der Waals surface area contributed by atoms with Gasteiger partial charge in [-0.2, -0.15) is 5.26 Å². The van der Waals surface area contributed by atoms with Crippen LogP contribution in [-0.4, -0.2) is 52.9 Å². The molecule has 5 heteroatoms. The molecule has 2 aliphatic rings. The third kappa shape index (κ3) is 6.90. The van der Waals surface area contributed by atoms with Crippen molar-refractivity contribution < 1.29 is 4.79 Å². The lowest BCUT2D eigenvalue weighted by molar-refractivity contribution is 0.0961. The maximum atomic E-state index is 13.0. The average Bonchev–Trinajstić information content (AvgIpc) is 3.46. The van der Waals surface area contributed by atoms with E-state index in [0.717, 1.165) is 69.6 Å². The van der Waals surface area contributed by atoms with Gasteiger partial charge in [0.05, 0.1) is 11.6 Å². The van der Waals surface area contributed by atoms with Crippen molar-refractivity contribution in [3.63, 3.8) is 0 Å². The molecule has 0 saturated carbocycles. The topological polar surface area (TPSA) is 52.3 Å². The van der Waals surface area contributed by atoms with Gasteiger partial charge in [-0.3, -0.25) is 14.6 Å². The Morgan fingerprint density at radius 2 is 1.69 bits per heavy atom. The largest absolute Gasteiger partial charge is 0.346 e. The minimum atomic E-state index is 0.276. The van der Waals surface area contributed by atoms with E-state index in [9.17, 15) is 4.79 Å². The molecule has 214 valence electrons. The number of nitrogens with zero attached hydrogens (tertiary/aromatic N) is 4. The number of carbonyl (C=O) groups excluding carboxylic acids is 1. The first kappa shape index (κ1) is 28.2. The molecule has 0 N–H and O–H groups in total. The van der Waals surface area contributed by atoms with Gasteiger partial charge >= 0.3 is 0 Å². The lowest BCUT2D eigenvalue weighted by Gasteiger charge is -2.32. The zero-order valence-corrected chi connectivity index (χ0v) is 24.4. The number of aromatic nitrogens is 1. The smallest absolute Gasteiger partial charge is 0.162 e. The molecule has 0 atom stereocenters. The molecule has 2 aliphatic heterocycles. The lowest BCUT2D eigenvalue weighted by atomic mass is 9.90. The number of hydrogen-bond acceptors (Lipinski definition) is 4. The molecule has 4 aromatic rings. The Morgan fingerprint density at radius 1 is 0.881 bits per heavy atom. The van der Waals surface area contributed by atoms with E-state index in [1.807, 2.05) is 30.3 Å². The number of benzene rings is 3. The Kier molecular flexibility index (Phi) is 8.94. The Hall–Kier alpha value is -3.98. The Morgan fingerprint density at radius 3 is 2.43 bits per heavy atom. The van der Waals surface area contributed by atoms with E-state index in [2.05, 4.69) is 81.2 Å². The summed E-state index contributed by atoms with van der Waals surface area (Å²) in [4.78, 5) is 18.0. The summed E-state index contributed by atoms with van der Waals surface area (Å²) in [5, 5.41) is 10.3. The van der Waals surface area contributed by atoms with Gasteiger partial charge in [0.1, 0.15) is 0 Å². The number of carbonyl (C=O) groups is 1. The number of fused-ring (bicyclic) bond motifs is 1. The second-order valence-electron chi connectivity index (χ2n) is 11.9. The summed E-state index contributed by atoms with van der Waals surface area (Å²) in [7, 11) is 0. The first-order valence-electron chi connectivity index (χ1n) is 15.4. The van der Waals surface area contributed by atoms with E-state index in [1.54, 1.807) is 0 Å². The third-order valence-corrected chi connectivity index (χ3v) is 9.16. The maximum absolute atomic E-state index is 13.0. The molecule has 5 nitrogen and oxygen atoms in total. The molecular formula is C37H40N4O. The number of hydrogen-bond donors (Lipinski definition) is 0. The molecule has 0 unspecified atom stereocenters. The second-order valence-corrected chi connectivity index (χ2v) is 11.9. The minimum Gasteiger partial charge on any atom is -0.346 e. The van der Waals surface area contributed by atoms with Gasteiger partial charge in [-0.1, -0.05) is 60.7 Å². The molecule has 0 aliphatic carbocycles. The lowest BCUT2D eigenvalue weighted by Crippen LogP contribution is -2.33. The molecule has 1 aromatic heterocycles. The van der Waals surface area contributed by atoms with Crippen LogP contribution in [0.4, 0.5) is 0 Å². The van der Waals surface area contributed by atoms with Crippen molar-refractivity contribution in [2.24, 2.45) is 5.92 Å². The van der Waals surface area contributed by atoms with Crippen LogP contribution in [0.5, 0.6) is 0 Å². The van der Waals surface area contributed by atoms with Crippen molar-refractivity contribution in [3.05, 3.63) is 113 Å². The SMILES string of the molecule is N#Cc1ccc2c(ccn2CCN2CC=C(c3ccc(C(=O)CCC4CCN(Cc5ccccc5)CC4)cc3)CC2)c1. The van der Waals surface area contributed by atoms with Crippen LogP contribution in [0.15, 0.2) is 91.1 Å². The summed E-state index contributed by atoms with van der Waals surface area (Å²) >= 11 is 0. The van der Waals surface area contributed by atoms with E-state index in [-0.39, 0.29) is 5.78 Å². The molecular weight excluding hydrogens is 516 g/mol. The van der Waals surface area contributed by atoms with Gasteiger partial charge < -0.3 is 4.57 Å². The summed E-state index contributed by atoms with van der Waals surface area (Å²) in [5.74, 6) is 0.932. The monoisotopic (exact) mass is 556 g/mol. The van der Waals surface area contributed by atoms with E-state index >= 15 is 0 Å². The summed E-state index contributed by atoms with van der Waals surface area (Å²) in [6.45, 7) is 7.19. The van der Waals surface area contributed by atoms with E-state index in [0.29, 0.717) is 17.9 Å². The predicted molar refractivity (Wildman–Crippen MR) is 170 cm³/mol. The third-order valence-electron chi connectivity index (χ3n) is 9.16.